The van der Waals surface area contributed by atoms with Gasteiger partial charge in [0.1, 0.15) is 5.75 Å². The highest BCUT2D eigenvalue weighted by Gasteiger charge is 2.23. The highest BCUT2D eigenvalue weighted by molar-refractivity contribution is 14.1. The third-order valence-corrected chi connectivity index (χ3v) is 4.29. The molecule has 0 spiro atoms. The van der Waals surface area contributed by atoms with Crippen LogP contribution >= 0.6 is 22.6 Å². The molecule has 0 unspecified atom stereocenters. The minimum Gasteiger partial charge on any atom is -0.494 e. The summed E-state index contributed by atoms with van der Waals surface area (Å²) in [4.78, 5) is 13.2. The average Bonchev–Trinajstić information content (AvgIpc) is 2.44. The number of carboxylic acid groups (broad SMARTS) is 1. The first-order chi connectivity index (χ1) is 9.65. The fraction of sp³-hybridized carbons (Fsp3) is 0.533. The lowest BCUT2D eigenvalue weighted by Gasteiger charge is -2.29. The van der Waals surface area contributed by atoms with Crippen molar-refractivity contribution in [1.29, 1.82) is 0 Å². The molecule has 4 nitrogen and oxygen atoms in total. The lowest BCUT2D eigenvalue weighted by atomic mass is 9.97. The van der Waals surface area contributed by atoms with Crippen LogP contribution in [0.1, 0.15) is 19.3 Å². The Morgan fingerprint density at radius 1 is 1.40 bits per heavy atom. The molecule has 1 heterocycles. The van der Waals surface area contributed by atoms with Crippen LogP contribution in [0.15, 0.2) is 24.3 Å². The normalized spacial score (nSPS) is 17.1. The van der Waals surface area contributed by atoms with E-state index in [0.29, 0.717) is 6.61 Å². The molecule has 0 aromatic heterocycles. The molecule has 0 bridgehead atoms. The fourth-order valence-corrected chi connectivity index (χ4v) is 2.95. The summed E-state index contributed by atoms with van der Waals surface area (Å²) < 4.78 is 6.89. The van der Waals surface area contributed by atoms with Gasteiger partial charge in [-0.1, -0.05) is 6.07 Å². The van der Waals surface area contributed by atoms with Gasteiger partial charge in [0.15, 0.2) is 0 Å². The number of carboxylic acids is 1. The van der Waals surface area contributed by atoms with Gasteiger partial charge in [0.05, 0.1) is 12.5 Å². The zero-order chi connectivity index (χ0) is 14.4. The van der Waals surface area contributed by atoms with Gasteiger partial charge < -0.3 is 14.7 Å². The van der Waals surface area contributed by atoms with Gasteiger partial charge >= 0.3 is 5.97 Å². The summed E-state index contributed by atoms with van der Waals surface area (Å²) in [6.45, 7) is 3.47. The number of halogens is 1. The number of benzene rings is 1. The van der Waals surface area contributed by atoms with E-state index in [0.717, 1.165) is 44.6 Å². The molecule has 1 aliphatic rings. The predicted molar refractivity (Wildman–Crippen MR) is 86.1 cm³/mol. The molecule has 1 aromatic carbocycles. The van der Waals surface area contributed by atoms with E-state index in [1.54, 1.807) is 0 Å². The van der Waals surface area contributed by atoms with Gasteiger partial charge in [-0.05, 0) is 73.1 Å². The lowest BCUT2D eigenvalue weighted by Crippen LogP contribution is -2.37. The molecule has 2 rings (SSSR count). The molecule has 110 valence electrons. The van der Waals surface area contributed by atoms with Crippen molar-refractivity contribution >= 4 is 28.6 Å². The van der Waals surface area contributed by atoms with Crippen LogP contribution < -0.4 is 4.74 Å². The first-order valence-corrected chi connectivity index (χ1v) is 8.06. The van der Waals surface area contributed by atoms with Crippen LogP contribution in [0.4, 0.5) is 0 Å². The molecule has 1 N–H and O–H groups in total. The van der Waals surface area contributed by atoms with E-state index in [9.17, 15) is 4.79 Å². The van der Waals surface area contributed by atoms with Gasteiger partial charge in [0.2, 0.25) is 0 Å². The molecule has 5 heteroatoms. The van der Waals surface area contributed by atoms with Gasteiger partial charge in [0, 0.05) is 10.1 Å². The maximum atomic E-state index is 10.9. The number of carbonyl (C=O) groups is 1. The minimum atomic E-state index is -0.647. The molecule has 0 atom stereocenters. The summed E-state index contributed by atoms with van der Waals surface area (Å²) in [6, 6.07) is 8.03. The fourth-order valence-electron chi connectivity index (χ4n) is 2.44. The van der Waals surface area contributed by atoms with E-state index >= 15 is 0 Å². The van der Waals surface area contributed by atoms with Crippen molar-refractivity contribution in [1.82, 2.24) is 4.90 Å². The summed E-state index contributed by atoms with van der Waals surface area (Å²) in [6.07, 6.45) is 2.52. The molecule has 1 aliphatic heterocycles. The second kappa shape index (κ2) is 7.83. The van der Waals surface area contributed by atoms with Crippen molar-refractivity contribution in [2.24, 2.45) is 5.92 Å². The smallest absolute Gasteiger partial charge is 0.306 e. The summed E-state index contributed by atoms with van der Waals surface area (Å²) >= 11 is 2.27. The third-order valence-electron chi connectivity index (χ3n) is 3.62. The number of ether oxygens (including phenoxy) is 1. The first-order valence-electron chi connectivity index (χ1n) is 6.98. The molecule has 1 saturated heterocycles. The Labute approximate surface area is 133 Å². The van der Waals surface area contributed by atoms with Crippen LogP contribution in [0.25, 0.3) is 0 Å². The molecule has 0 radical (unpaired) electrons. The van der Waals surface area contributed by atoms with E-state index < -0.39 is 5.97 Å². The molecular weight excluding hydrogens is 369 g/mol. The number of rotatable bonds is 6. The SMILES string of the molecule is O=C(O)C1CCN(CCCOc2cccc(I)c2)CC1. The topological polar surface area (TPSA) is 49.8 Å². The van der Waals surface area contributed by atoms with Crippen LogP contribution in [0.2, 0.25) is 0 Å². The lowest BCUT2D eigenvalue weighted by molar-refractivity contribution is -0.143. The van der Waals surface area contributed by atoms with Crippen LogP contribution in [-0.2, 0) is 4.79 Å². The van der Waals surface area contributed by atoms with Crippen LogP contribution in [-0.4, -0.2) is 42.2 Å². The van der Waals surface area contributed by atoms with Crippen molar-refractivity contribution in [2.75, 3.05) is 26.2 Å². The van der Waals surface area contributed by atoms with Gasteiger partial charge in [-0.15, -0.1) is 0 Å². The van der Waals surface area contributed by atoms with E-state index in [4.69, 9.17) is 9.84 Å². The largest absolute Gasteiger partial charge is 0.494 e. The van der Waals surface area contributed by atoms with E-state index in [1.165, 1.54) is 3.57 Å². The maximum Gasteiger partial charge on any atom is 0.306 e. The van der Waals surface area contributed by atoms with Crippen molar-refractivity contribution < 1.29 is 14.6 Å². The number of piperidine rings is 1. The Morgan fingerprint density at radius 3 is 2.80 bits per heavy atom. The Morgan fingerprint density at radius 2 is 2.15 bits per heavy atom. The summed E-state index contributed by atoms with van der Waals surface area (Å²) in [5.41, 5.74) is 0. The summed E-state index contributed by atoms with van der Waals surface area (Å²) in [7, 11) is 0. The monoisotopic (exact) mass is 389 g/mol. The maximum absolute atomic E-state index is 10.9. The standard InChI is InChI=1S/C15H20INO3/c16-13-3-1-4-14(11-13)20-10-2-7-17-8-5-12(6-9-17)15(18)19/h1,3-4,11-12H,2,5-10H2,(H,18,19). The summed E-state index contributed by atoms with van der Waals surface area (Å²) in [5, 5.41) is 8.95. The Kier molecular flexibility index (Phi) is 6.09. The van der Waals surface area contributed by atoms with Gasteiger partial charge in [-0.25, -0.2) is 0 Å². The molecule has 0 aliphatic carbocycles. The highest BCUT2D eigenvalue weighted by Crippen LogP contribution is 2.18. The van der Waals surface area contributed by atoms with Crippen molar-refractivity contribution in [3.8, 4) is 5.75 Å². The van der Waals surface area contributed by atoms with Crippen molar-refractivity contribution in [3.05, 3.63) is 27.8 Å². The minimum absolute atomic E-state index is 0.145. The van der Waals surface area contributed by atoms with E-state index in [-0.39, 0.29) is 5.92 Å². The van der Waals surface area contributed by atoms with Crippen molar-refractivity contribution in [2.45, 2.75) is 19.3 Å². The van der Waals surface area contributed by atoms with Gasteiger partial charge in [0.25, 0.3) is 0 Å². The molecule has 1 fully saturated rings. The molecule has 0 amide bonds. The Balaban J connectivity index is 1.61. The van der Waals surface area contributed by atoms with Gasteiger partial charge in [-0.2, -0.15) is 0 Å². The first kappa shape index (κ1) is 15.6. The quantitative estimate of drug-likeness (QED) is 0.601. The number of nitrogens with zero attached hydrogens (tertiary/aromatic N) is 1. The predicted octanol–water partition coefficient (Wildman–Crippen LogP) is 2.86. The number of hydrogen-bond donors (Lipinski definition) is 1. The summed E-state index contributed by atoms with van der Waals surface area (Å²) in [5.74, 6) is 0.127. The second-order valence-electron chi connectivity index (χ2n) is 5.11. The number of hydrogen-bond acceptors (Lipinski definition) is 3. The Bertz CT molecular complexity index is 444. The van der Waals surface area contributed by atoms with E-state index in [2.05, 4.69) is 27.5 Å². The number of likely N-dealkylation sites (tertiary alicyclic amines) is 1. The molecular formula is C15H20INO3. The van der Waals surface area contributed by atoms with Crippen molar-refractivity contribution in [3.63, 3.8) is 0 Å². The number of aliphatic carboxylic acids is 1. The van der Waals surface area contributed by atoms with Crippen LogP contribution in [0.3, 0.4) is 0 Å². The van der Waals surface area contributed by atoms with Crippen LogP contribution in [0, 0.1) is 9.49 Å². The molecule has 0 saturated carbocycles. The second-order valence-corrected chi connectivity index (χ2v) is 6.36. The average molecular weight is 389 g/mol. The Hall–Kier alpha value is -0.820. The highest BCUT2D eigenvalue weighted by atomic mass is 127. The van der Waals surface area contributed by atoms with Gasteiger partial charge in [-0.3, -0.25) is 4.79 Å². The zero-order valence-electron chi connectivity index (χ0n) is 11.4. The third kappa shape index (κ3) is 4.94. The molecule has 1 aromatic rings. The molecule has 20 heavy (non-hydrogen) atoms. The van der Waals surface area contributed by atoms with Crippen LogP contribution in [0.5, 0.6) is 5.75 Å². The van der Waals surface area contributed by atoms with E-state index in [1.807, 2.05) is 24.3 Å². The zero-order valence-corrected chi connectivity index (χ0v) is 13.6.